The largest absolute Gasteiger partial charge is 0.457 e. The molecular formula is C33H46N4O8S2. The van der Waals surface area contributed by atoms with Crippen LogP contribution in [0.2, 0.25) is 0 Å². The summed E-state index contributed by atoms with van der Waals surface area (Å²) < 4.78 is 12.5. The number of fused-ring (bicyclic) bond motifs is 1. The molecule has 14 heteroatoms. The van der Waals surface area contributed by atoms with Crippen LogP contribution in [0, 0.1) is 5.92 Å². The number of thiol groups is 2. The van der Waals surface area contributed by atoms with Crippen LogP contribution in [0.5, 0.6) is 0 Å². The summed E-state index contributed by atoms with van der Waals surface area (Å²) in [6.45, 7) is 8.81. The van der Waals surface area contributed by atoms with Gasteiger partial charge in [-0.1, -0.05) is 38.1 Å². The van der Waals surface area contributed by atoms with E-state index in [4.69, 9.17) is 9.47 Å². The fourth-order valence-corrected chi connectivity index (χ4v) is 5.57. The maximum Gasteiger partial charge on any atom is 0.419 e. The summed E-state index contributed by atoms with van der Waals surface area (Å²) in [6, 6.07) is 3.92. The highest BCUT2D eigenvalue weighted by Crippen LogP contribution is 2.24. The average molecular weight is 691 g/mol. The molecule has 12 nitrogen and oxygen atoms in total. The van der Waals surface area contributed by atoms with E-state index in [2.05, 4.69) is 41.2 Å². The lowest BCUT2D eigenvalue weighted by Gasteiger charge is -2.29. The molecule has 4 N–H and O–H groups in total. The molecule has 47 heavy (non-hydrogen) atoms. The number of nitrogens with one attached hydrogen (secondary N) is 3. The minimum Gasteiger partial charge on any atom is -0.457 e. The zero-order valence-electron chi connectivity index (χ0n) is 27.4. The van der Waals surface area contributed by atoms with Crippen molar-refractivity contribution in [3.63, 3.8) is 0 Å². The number of benzene rings is 1. The number of cyclic esters (lactones) is 1. The first-order valence-electron chi connectivity index (χ1n) is 15.6. The highest BCUT2D eigenvalue weighted by molar-refractivity contribution is 7.80. The van der Waals surface area contributed by atoms with Crippen LogP contribution in [0.3, 0.4) is 0 Å². The molecule has 0 aliphatic carbocycles. The molecule has 3 rings (SSSR count). The van der Waals surface area contributed by atoms with E-state index in [1.54, 1.807) is 77.2 Å². The number of hydrogen-bond donors (Lipinski definition) is 6. The SMILES string of the molecule is CC(C)[C@H]1NC(=O)[C@@H](CS)NC(=O)[C@@H](Cc2cn(C(=O)OC(C)(C)C)c3ccccc23)NC(=O)C[C@@H](/C=C/CCS)OC(=O)C[C@@H]1O. The van der Waals surface area contributed by atoms with E-state index in [1.807, 2.05) is 0 Å². The number of aliphatic hydroxyl groups excluding tert-OH is 1. The van der Waals surface area contributed by atoms with Crippen LogP contribution < -0.4 is 16.0 Å². The Morgan fingerprint density at radius 2 is 1.74 bits per heavy atom. The molecule has 0 saturated carbocycles. The maximum absolute atomic E-state index is 13.8. The minimum atomic E-state index is -1.29. The number of rotatable bonds is 7. The summed E-state index contributed by atoms with van der Waals surface area (Å²) in [5.74, 6) is -2.48. The number of para-hydroxylation sites is 1. The fourth-order valence-electron chi connectivity index (χ4n) is 5.16. The monoisotopic (exact) mass is 690 g/mol. The van der Waals surface area contributed by atoms with Gasteiger partial charge >= 0.3 is 12.1 Å². The van der Waals surface area contributed by atoms with Crippen molar-refractivity contribution in [2.45, 2.75) is 96.2 Å². The van der Waals surface area contributed by atoms with Crippen LogP contribution >= 0.6 is 25.3 Å². The quantitative estimate of drug-likeness (QED) is 0.147. The summed E-state index contributed by atoms with van der Waals surface area (Å²) >= 11 is 8.46. The first-order chi connectivity index (χ1) is 22.1. The van der Waals surface area contributed by atoms with Gasteiger partial charge in [0.05, 0.1) is 30.5 Å². The van der Waals surface area contributed by atoms with Gasteiger partial charge in [0.15, 0.2) is 0 Å². The lowest BCUT2D eigenvalue weighted by molar-refractivity contribution is -0.151. The number of aliphatic hydroxyl groups is 1. The molecule has 1 saturated heterocycles. The third-order valence-electron chi connectivity index (χ3n) is 7.41. The molecule has 1 fully saturated rings. The minimum absolute atomic E-state index is 0.0535. The molecule has 258 valence electrons. The number of esters is 1. The van der Waals surface area contributed by atoms with Crippen molar-refractivity contribution >= 4 is 65.9 Å². The Morgan fingerprint density at radius 1 is 1.06 bits per heavy atom. The van der Waals surface area contributed by atoms with Crippen molar-refractivity contribution in [1.29, 1.82) is 0 Å². The average Bonchev–Trinajstić information content (AvgIpc) is 3.35. The smallest absolute Gasteiger partial charge is 0.419 e. The number of allylic oxidation sites excluding steroid dienone is 1. The highest BCUT2D eigenvalue weighted by atomic mass is 32.1. The number of aromatic nitrogens is 1. The molecule has 1 aromatic heterocycles. The first kappa shape index (κ1) is 38.0. The topological polar surface area (TPSA) is 165 Å². The van der Waals surface area contributed by atoms with Crippen molar-refractivity contribution in [2.24, 2.45) is 5.92 Å². The Morgan fingerprint density at radius 3 is 2.38 bits per heavy atom. The van der Waals surface area contributed by atoms with Crippen LogP contribution in [0.4, 0.5) is 4.79 Å². The lowest BCUT2D eigenvalue weighted by Crippen LogP contribution is -2.58. The van der Waals surface area contributed by atoms with E-state index in [0.717, 1.165) is 0 Å². The molecule has 0 bridgehead atoms. The number of carbonyl (C=O) groups is 5. The Labute approximate surface area is 286 Å². The molecule has 1 aliphatic heterocycles. The zero-order valence-corrected chi connectivity index (χ0v) is 29.2. The molecule has 0 spiro atoms. The van der Waals surface area contributed by atoms with Gasteiger partial charge in [0.1, 0.15) is 23.8 Å². The van der Waals surface area contributed by atoms with E-state index < -0.39 is 72.1 Å². The first-order valence-corrected chi connectivity index (χ1v) is 16.9. The van der Waals surface area contributed by atoms with Gasteiger partial charge in [-0.25, -0.2) is 4.79 Å². The molecule has 2 aromatic rings. The van der Waals surface area contributed by atoms with Gasteiger partial charge in [-0.05, 0) is 56.6 Å². The van der Waals surface area contributed by atoms with Gasteiger partial charge < -0.3 is 30.5 Å². The van der Waals surface area contributed by atoms with Crippen LogP contribution in [-0.4, -0.2) is 86.9 Å². The molecule has 1 aromatic carbocycles. The van der Waals surface area contributed by atoms with Gasteiger partial charge in [0.25, 0.3) is 0 Å². The van der Waals surface area contributed by atoms with E-state index in [0.29, 0.717) is 28.6 Å². The van der Waals surface area contributed by atoms with E-state index in [1.165, 1.54) is 4.57 Å². The Bertz CT molecular complexity index is 1470. The standard InChI is InChI=1S/C33H46N4O8S2/c1-19(2)29-26(38)16-28(40)44-21(10-8-9-13-46)15-27(39)34-23(30(41)35-24(18-47)31(42)36-29)14-20-17-37(32(43)45-33(3,4)5)25-12-7-6-11-22(20)25/h6-8,10-12,17,19,21,23-24,26,29,38,46-47H,9,13-16,18H2,1-5H3,(H,34,39)(H,35,41)(H,36,42)/b10-8+/t21-,23-,24-,26+,29-/m1/s1. The number of amides is 3. The normalized spacial score (nSPS) is 23.9. The predicted molar refractivity (Wildman–Crippen MR) is 184 cm³/mol. The summed E-state index contributed by atoms with van der Waals surface area (Å²) in [4.78, 5) is 66.5. The molecule has 5 atom stereocenters. The molecule has 3 amide bonds. The number of hydrogen-bond acceptors (Lipinski definition) is 10. The molecule has 2 heterocycles. The van der Waals surface area contributed by atoms with Crippen molar-refractivity contribution in [2.75, 3.05) is 11.5 Å². The summed E-state index contributed by atoms with van der Waals surface area (Å²) in [7, 11) is 0. The number of ether oxygens (including phenoxy) is 2. The van der Waals surface area contributed by atoms with Crippen LogP contribution in [0.1, 0.15) is 59.4 Å². The van der Waals surface area contributed by atoms with E-state index >= 15 is 0 Å². The summed E-state index contributed by atoms with van der Waals surface area (Å²) in [5.41, 5.74) is 0.360. The molecule has 0 unspecified atom stereocenters. The number of nitrogens with zero attached hydrogens (tertiary/aromatic N) is 1. The second-order valence-corrected chi connectivity index (χ2v) is 13.6. The Hall–Kier alpha value is -3.49. The third-order valence-corrected chi connectivity index (χ3v) is 8.03. The summed E-state index contributed by atoms with van der Waals surface area (Å²) in [6.07, 6.45) is 1.74. The van der Waals surface area contributed by atoms with E-state index in [-0.39, 0.29) is 24.5 Å². The number of carbonyl (C=O) groups excluding carboxylic acids is 5. The van der Waals surface area contributed by atoms with Crippen molar-refractivity contribution in [3.8, 4) is 0 Å². The fraction of sp³-hybridized carbons (Fsp3) is 0.545. The van der Waals surface area contributed by atoms with Gasteiger partial charge in [-0.15, -0.1) is 0 Å². The predicted octanol–water partition coefficient (Wildman–Crippen LogP) is 2.95. The highest BCUT2D eigenvalue weighted by Gasteiger charge is 2.33. The van der Waals surface area contributed by atoms with Crippen molar-refractivity contribution in [1.82, 2.24) is 20.5 Å². The van der Waals surface area contributed by atoms with Crippen LogP contribution in [0.15, 0.2) is 42.6 Å². The molecule has 1 aliphatic rings. The summed E-state index contributed by atoms with van der Waals surface area (Å²) in [5, 5.41) is 19.7. The van der Waals surface area contributed by atoms with Gasteiger partial charge in [-0.2, -0.15) is 25.3 Å². The lowest BCUT2D eigenvalue weighted by atomic mass is 9.96. The van der Waals surface area contributed by atoms with Gasteiger partial charge in [-0.3, -0.25) is 23.7 Å². The second kappa shape index (κ2) is 17.1. The third kappa shape index (κ3) is 11.0. The van der Waals surface area contributed by atoms with Gasteiger partial charge in [0.2, 0.25) is 17.7 Å². The van der Waals surface area contributed by atoms with E-state index in [9.17, 15) is 29.1 Å². The van der Waals surface area contributed by atoms with Crippen molar-refractivity contribution in [3.05, 3.63) is 48.2 Å². The van der Waals surface area contributed by atoms with Crippen LogP contribution in [0.25, 0.3) is 10.9 Å². The Kier molecular flexibility index (Phi) is 13.8. The Balaban J connectivity index is 2.03. The van der Waals surface area contributed by atoms with Crippen LogP contribution in [-0.2, 0) is 35.1 Å². The second-order valence-electron chi connectivity index (χ2n) is 12.8. The molecule has 0 radical (unpaired) electrons. The maximum atomic E-state index is 13.8. The zero-order chi connectivity index (χ0) is 34.9. The molecular weight excluding hydrogens is 645 g/mol. The van der Waals surface area contributed by atoms with Crippen molar-refractivity contribution < 1.29 is 38.6 Å². The van der Waals surface area contributed by atoms with Gasteiger partial charge in [0, 0.05) is 23.8 Å².